The number of anilines is 1. The van der Waals surface area contributed by atoms with Crippen molar-refractivity contribution in [2.75, 3.05) is 12.4 Å². The molecule has 2 aromatic rings. The van der Waals surface area contributed by atoms with Crippen molar-refractivity contribution < 1.29 is 9.53 Å². The van der Waals surface area contributed by atoms with Gasteiger partial charge in [0.1, 0.15) is 0 Å². The number of hydrogen-bond acceptors (Lipinski definition) is 2. The first-order valence-corrected chi connectivity index (χ1v) is 6.93. The van der Waals surface area contributed by atoms with Crippen LogP contribution < -0.4 is 5.32 Å². The van der Waals surface area contributed by atoms with E-state index in [-0.39, 0.29) is 5.91 Å². The lowest BCUT2D eigenvalue weighted by Gasteiger charge is -2.16. The first-order valence-electron chi connectivity index (χ1n) is 5.85. The Kier molecular flexibility index (Phi) is 4.93. The Balaban J connectivity index is 2.17. The van der Waals surface area contributed by atoms with Gasteiger partial charge < -0.3 is 10.1 Å². The second-order valence-electron chi connectivity index (χ2n) is 4.00. The van der Waals surface area contributed by atoms with E-state index >= 15 is 0 Å². The molecule has 2 rings (SSSR count). The lowest BCUT2D eigenvalue weighted by atomic mass is 10.1. The van der Waals surface area contributed by atoms with E-state index in [0.29, 0.717) is 0 Å². The maximum Gasteiger partial charge on any atom is 0.258 e. The molecule has 0 aliphatic rings. The zero-order valence-electron chi connectivity index (χ0n) is 10.5. The van der Waals surface area contributed by atoms with Gasteiger partial charge in [0.25, 0.3) is 5.91 Å². The fourth-order valence-electron chi connectivity index (χ4n) is 1.78. The van der Waals surface area contributed by atoms with E-state index in [2.05, 4.69) is 27.9 Å². The molecule has 0 saturated heterocycles. The number of hydrogen-bond donors (Lipinski definition) is 1. The summed E-state index contributed by atoms with van der Waals surface area (Å²) in [4.78, 5) is 12.3. The van der Waals surface area contributed by atoms with Gasteiger partial charge in [0.2, 0.25) is 0 Å². The van der Waals surface area contributed by atoms with Gasteiger partial charge in [-0.15, -0.1) is 0 Å². The SMILES string of the molecule is COC(C(=O)Nc1ccccc1I)c1ccccc1. The van der Waals surface area contributed by atoms with Gasteiger partial charge in [-0.2, -0.15) is 0 Å². The molecule has 98 valence electrons. The quantitative estimate of drug-likeness (QED) is 0.839. The second-order valence-corrected chi connectivity index (χ2v) is 5.16. The van der Waals surface area contributed by atoms with Crippen molar-refractivity contribution in [3.63, 3.8) is 0 Å². The molecular weight excluding hydrogens is 353 g/mol. The second kappa shape index (κ2) is 6.68. The Bertz CT molecular complexity index is 557. The van der Waals surface area contributed by atoms with Crippen molar-refractivity contribution in [1.29, 1.82) is 0 Å². The molecule has 3 nitrogen and oxygen atoms in total. The Morgan fingerprint density at radius 3 is 2.37 bits per heavy atom. The Hall–Kier alpha value is -1.40. The number of amides is 1. The minimum Gasteiger partial charge on any atom is -0.367 e. The topological polar surface area (TPSA) is 38.3 Å². The van der Waals surface area contributed by atoms with E-state index in [1.54, 1.807) is 0 Å². The molecule has 1 amide bonds. The van der Waals surface area contributed by atoms with Crippen molar-refractivity contribution in [3.05, 3.63) is 63.7 Å². The number of halogens is 1. The molecule has 0 aliphatic heterocycles. The van der Waals surface area contributed by atoms with Gasteiger partial charge in [-0.05, 0) is 40.3 Å². The molecule has 0 saturated carbocycles. The summed E-state index contributed by atoms with van der Waals surface area (Å²) in [5.41, 5.74) is 1.64. The molecule has 0 aliphatic carbocycles. The molecule has 4 heteroatoms. The third-order valence-electron chi connectivity index (χ3n) is 2.71. The summed E-state index contributed by atoms with van der Waals surface area (Å²) in [7, 11) is 1.53. The van der Waals surface area contributed by atoms with Crippen LogP contribution in [0.3, 0.4) is 0 Å². The fourth-order valence-corrected chi connectivity index (χ4v) is 2.31. The van der Waals surface area contributed by atoms with Crippen molar-refractivity contribution in [1.82, 2.24) is 0 Å². The van der Waals surface area contributed by atoms with Gasteiger partial charge in [0, 0.05) is 10.7 Å². The fraction of sp³-hybridized carbons (Fsp3) is 0.133. The first kappa shape index (κ1) is 14.0. The zero-order valence-corrected chi connectivity index (χ0v) is 12.6. The molecule has 19 heavy (non-hydrogen) atoms. The Morgan fingerprint density at radius 1 is 1.11 bits per heavy atom. The van der Waals surface area contributed by atoms with Gasteiger partial charge >= 0.3 is 0 Å². The molecule has 0 fully saturated rings. The largest absolute Gasteiger partial charge is 0.367 e. The normalized spacial score (nSPS) is 11.9. The third kappa shape index (κ3) is 3.54. The number of carbonyl (C=O) groups is 1. The van der Waals surface area contributed by atoms with Crippen LogP contribution in [0.4, 0.5) is 5.69 Å². The highest BCUT2D eigenvalue weighted by Crippen LogP contribution is 2.21. The van der Waals surface area contributed by atoms with Crippen molar-refractivity contribution in [2.45, 2.75) is 6.10 Å². The summed E-state index contributed by atoms with van der Waals surface area (Å²) in [5.74, 6) is -0.169. The van der Waals surface area contributed by atoms with Gasteiger partial charge in [0.15, 0.2) is 6.10 Å². The van der Waals surface area contributed by atoms with E-state index in [4.69, 9.17) is 4.74 Å². The highest BCUT2D eigenvalue weighted by atomic mass is 127. The molecule has 0 heterocycles. The van der Waals surface area contributed by atoms with Crippen LogP contribution in [0, 0.1) is 3.57 Å². The summed E-state index contributed by atoms with van der Waals surface area (Å²) < 4.78 is 6.29. The zero-order chi connectivity index (χ0) is 13.7. The number of carbonyl (C=O) groups excluding carboxylic acids is 1. The van der Waals surface area contributed by atoms with Crippen molar-refractivity contribution in [2.24, 2.45) is 0 Å². The summed E-state index contributed by atoms with van der Waals surface area (Å²) in [6.07, 6.45) is -0.600. The van der Waals surface area contributed by atoms with Crippen LogP contribution in [-0.2, 0) is 9.53 Å². The van der Waals surface area contributed by atoms with E-state index in [9.17, 15) is 4.79 Å². The lowest BCUT2D eigenvalue weighted by Crippen LogP contribution is -2.22. The van der Waals surface area contributed by atoms with Crippen LogP contribution in [0.1, 0.15) is 11.7 Å². The van der Waals surface area contributed by atoms with Crippen LogP contribution in [-0.4, -0.2) is 13.0 Å². The molecule has 0 radical (unpaired) electrons. The Labute approximate surface area is 126 Å². The number of methoxy groups -OCH3 is 1. The number of para-hydroxylation sites is 1. The van der Waals surface area contributed by atoms with Crippen LogP contribution >= 0.6 is 22.6 Å². The maximum absolute atomic E-state index is 12.3. The van der Waals surface area contributed by atoms with Gasteiger partial charge in [0.05, 0.1) is 5.69 Å². The van der Waals surface area contributed by atoms with Crippen LogP contribution in [0.2, 0.25) is 0 Å². The van der Waals surface area contributed by atoms with Crippen LogP contribution in [0.15, 0.2) is 54.6 Å². The number of nitrogens with one attached hydrogen (secondary N) is 1. The number of benzene rings is 2. The summed E-state index contributed by atoms with van der Waals surface area (Å²) >= 11 is 2.19. The molecule has 1 atom stereocenters. The van der Waals surface area contributed by atoms with E-state index in [1.807, 2.05) is 54.6 Å². The van der Waals surface area contributed by atoms with Crippen LogP contribution in [0.5, 0.6) is 0 Å². The van der Waals surface area contributed by atoms with Gasteiger partial charge in [-0.25, -0.2) is 0 Å². The van der Waals surface area contributed by atoms with Crippen LogP contribution in [0.25, 0.3) is 0 Å². The number of ether oxygens (including phenoxy) is 1. The standard InChI is InChI=1S/C15H14INO2/c1-19-14(11-7-3-2-4-8-11)15(18)17-13-10-6-5-9-12(13)16/h2-10,14H,1H3,(H,17,18). The van der Waals surface area contributed by atoms with Crippen molar-refractivity contribution in [3.8, 4) is 0 Å². The molecular formula is C15H14INO2. The first-order chi connectivity index (χ1) is 9.22. The predicted octanol–water partition coefficient (Wildman–Crippen LogP) is 3.62. The highest BCUT2D eigenvalue weighted by Gasteiger charge is 2.20. The smallest absolute Gasteiger partial charge is 0.258 e. The molecule has 0 aromatic heterocycles. The number of rotatable bonds is 4. The average Bonchev–Trinajstić information content (AvgIpc) is 2.43. The average molecular weight is 367 g/mol. The van der Waals surface area contributed by atoms with E-state index < -0.39 is 6.10 Å². The van der Waals surface area contributed by atoms with Gasteiger partial charge in [-0.3, -0.25) is 4.79 Å². The van der Waals surface area contributed by atoms with E-state index in [1.165, 1.54) is 7.11 Å². The van der Waals surface area contributed by atoms with Crippen molar-refractivity contribution >= 4 is 34.2 Å². The molecule has 2 aromatic carbocycles. The third-order valence-corrected chi connectivity index (χ3v) is 3.65. The molecule has 0 spiro atoms. The molecule has 1 unspecified atom stereocenters. The highest BCUT2D eigenvalue weighted by molar-refractivity contribution is 14.1. The Morgan fingerprint density at radius 2 is 1.74 bits per heavy atom. The molecule has 0 bridgehead atoms. The minimum atomic E-state index is -0.600. The van der Waals surface area contributed by atoms with E-state index in [0.717, 1.165) is 14.8 Å². The molecule has 1 N–H and O–H groups in total. The van der Waals surface area contributed by atoms with Gasteiger partial charge in [-0.1, -0.05) is 42.5 Å². The maximum atomic E-state index is 12.3. The minimum absolute atomic E-state index is 0.169. The summed E-state index contributed by atoms with van der Waals surface area (Å²) in [5, 5.41) is 2.89. The monoisotopic (exact) mass is 367 g/mol. The summed E-state index contributed by atoms with van der Waals surface area (Å²) in [6.45, 7) is 0. The summed E-state index contributed by atoms with van der Waals surface area (Å²) in [6, 6.07) is 17.1. The lowest BCUT2D eigenvalue weighted by molar-refractivity contribution is -0.126. The predicted molar refractivity (Wildman–Crippen MR) is 84.0 cm³/mol.